The summed E-state index contributed by atoms with van der Waals surface area (Å²) in [7, 11) is 0. The van der Waals surface area contributed by atoms with Crippen molar-refractivity contribution in [2.75, 3.05) is 19.9 Å². The number of hydrogen-bond acceptors (Lipinski definition) is 2. The second-order valence-corrected chi connectivity index (χ2v) is 2.06. The van der Waals surface area contributed by atoms with Crippen molar-refractivity contribution in [2.24, 2.45) is 5.73 Å². The highest BCUT2D eigenvalue weighted by molar-refractivity contribution is 7.80. The van der Waals surface area contributed by atoms with Crippen molar-refractivity contribution in [1.29, 1.82) is 0 Å². The highest BCUT2D eigenvalue weighted by atomic mass is 32.1. The fraction of sp³-hybridized carbons (Fsp3) is 0.750. The maximum absolute atomic E-state index is 5.28. The van der Waals surface area contributed by atoms with Gasteiger partial charge in [-0.15, -0.1) is 0 Å². The summed E-state index contributed by atoms with van der Waals surface area (Å²) < 4.78 is 4.98. The number of nitrogens with two attached hydrogens (primary N) is 1. The molecule has 3 nitrogen and oxygen atoms in total. The summed E-state index contributed by atoms with van der Waals surface area (Å²) in [5.74, 6) is 0. The van der Waals surface area contributed by atoms with Gasteiger partial charge in [0.25, 0.3) is 0 Å². The van der Waals surface area contributed by atoms with E-state index in [0.717, 1.165) is 13.2 Å². The number of nitrogens with zero attached hydrogens (tertiary/aromatic N) is 1. The summed E-state index contributed by atoms with van der Waals surface area (Å²) in [5.41, 5.74) is 5.28. The molecular weight excluding hydrogens is 124 g/mol. The van der Waals surface area contributed by atoms with Gasteiger partial charge < -0.3 is 15.4 Å². The topological polar surface area (TPSA) is 38.5 Å². The Morgan fingerprint density at radius 1 is 1.75 bits per heavy atom. The Morgan fingerprint density at radius 3 is 2.75 bits per heavy atom. The second-order valence-electron chi connectivity index (χ2n) is 1.64. The zero-order valence-corrected chi connectivity index (χ0v) is 5.28. The molecule has 1 rings (SSSR count). The lowest BCUT2D eigenvalue weighted by Gasteiger charge is -2.10. The molecule has 0 amide bonds. The van der Waals surface area contributed by atoms with E-state index in [4.69, 9.17) is 10.5 Å². The quantitative estimate of drug-likeness (QED) is 0.452. The Labute approximate surface area is 53.4 Å². The second kappa shape index (κ2) is 2.28. The first kappa shape index (κ1) is 5.78. The summed E-state index contributed by atoms with van der Waals surface area (Å²) in [4.78, 5) is 1.81. The Kier molecular flexibility index (Phi) is 1.65. The van der Waals surface area contributed by atoms with E-state index in [1.54, 1.807) is 0 Å². The molecule has 0 aliphatic carbocycles. The van der Waals surface area contributed by atoms with Gasteiger partial charge in [-0.2, -0.15) is 0 Å². The van der Waals surface area contributed by atoms with Crippen LogP contribution in [-0.2, 0) is 4.74 Å². The molecule has 0 unspecified atom stereocenters. The van der Waals surface area contributed by atoms with Crippen molar-refractivity contribution in [3.63, 3.8) is 0 Å². The Hall–Kier alpha value is -0.350. The molecule has 1 aliphatic heterocycles. The third kappa shape index (κ3) is 1.08. The number of rotatable bonds is 0. The van der Waals surface area contributed by atoms with E-state index in [1.165, 1.54) is 0 Å². The predicted molar refractivity (Wildman–Crippen MR) is 34.3 cm³/mol. The summed E-state index contributed by atoms with van der Waals surface area (Å²) in [6.45, 7) is 2.15. The van der Waals surface area contributed by atoms with Gasteiger partial charge in [-0.05, 0) is 12.2 Å². The molecule has 1 heterocycles. The van der Waals surface area contributed by atoms with E-state index in [2.05, 4.69) is 12.2 Å². The van der Waals surface area contributed by atoms with Crippen LogP contribution < -0.4 is 5.73 Å². The fourth-order valence-electron chi connectivity index (χ4n) is 0.588. The third-order valence-electron chi connectivity index (χ3n) is 1.06. The van der Waals surface area contributed by atoms with Gasteiger partial charge in [0.15, 0.2) is 5.11 Å². The molecule has 0 bridgehead atoms. The van der Waals surface area contributed by atoms with Crippen LogP contribution in [-0.4, -0.2) is 29.9 Å². The first-order chi connectivity index (χ1) is 3.80. The zero-order valence-electron chi connectivity index (χ0n) is 4.46. The maximum Gasteiger partial charge on any atom is 0.168 e. The van der Waals surface area contributed by atoms with E-state index in [-0.39, 0.29) is 0 Å². The Balaban J connectivity index is 2.35. The van der Waals surface area contributed by atoms with Crippen molar-refractivity contribution in [3.8, 4) is 0 Å². The average Bonchev–Trinajstić information content (AvgIpc) is 2.12. The zero-order chi connectivity index (χ0) is 5.98. The third-order valence-corrected chi connectivity index (χ3v) is 1.32. The summed E-state index contributed by atoms with van der Waals surface area (Å²) in [5, 5.41) is 0.433. The van der Waals surface area contributed by atoms with Crippen molar-refractivity contribution in [2.45, 2.75) is 0 Å². The van der Waals surface area contributed by atoms with Gasteiger partial charge in [-0.25, -0.2) is 0 Å². The van der Waals surface area contributed by atoms with E-state index in [9.17, 15) is 0 Å². The SMILES string of the molecule is NC(=S)N1CCOC1. The maximum atomic E-state index is 5.28. The fourth-order valence-corrected chi connectivity index (χ4v) is 0.732. The lowest BCUT2D eigenvalue weighted by Crippen LogP contribution is -2.32. The average molecular weight is 132 g/mol. The van der Waals surface area contributed by atoms with Crippen molar-refractivity contribution in [3.05, 3.63) is 0 Å². The normalized spacial score (nSPS) is 19.2. The van der Waals surface area contributed by atoms with Crippen LogP contribution in [0.2, 0.25) is 0 Å². The molecule has 0 saturated carbocycles. The van der Waals surface area contributed by atoms with Crippen LogP contribution in [0.1, 0.15) is 0 Å². The van der Waals surface area contributed by atoms with E-state index >= 15 is 0 Å². The standard InChI is InChI=1S/C4H8N2OS/c5-4(8)6-1-2-7-3-6/h1-3H2,(H2,5,8). The minimum Gasteiger partial charge on any atom is -0.376 e. The molecule has 4 heteroatoms. The van der Waals surface area contributed by atoms with Gasteiger partial charge in [-0.1, -0.05) is 0 Å². The number of thiocarbonyl (C=S) groups is 1. The van der Waals surface area contributed by atoms with Crippen LogP contribution in [0.25, 0.3) is 0 Å². The van der Waals surface area contributed by atoms with Crippen LogP contribution >= 0.6 is 12.2 Å². The van der Waals surface area contributed by atoms with E-state index in [0.29, 0.717) is 11.8 Å². The lowest BCUT2D eigenvalue weighted by molar-refractivity contribution is 0.169. The van der Waals surface area contributed by atoms with Crippen molar-refractivity contribution >= 4 is 17.3 Å². The van der Waals surface area contributed by atoms with Gasteiger partial charge in [-0.3, -0.25) is 0 Å². The smallest absolute Gasteiger partial charge is 0.168 e. The van der Waals surface area contributed by atoms with Gasteiger partial charge >= 0.3 is 0 Å². The molecule has 1 saturated heterocycles. The number of hydrogen-bond donors (Lipinski definition) is 1. The minimum atomic E-state index is 0.433. The van der Waals surface area contributed by atoms with Crippen LogP contribution in [0.3, 0.4) is 0 Å². The molecular formula is C4H8N2OS. The molecule has 0 aromatic carbocycles. The van der Waals surface area contributed by atoms with Crippen molar-refractivity contribution < 1.29 is 4.74 Å². The lowest BCUT2D eigenvalue weighted by atomic mass is 10.7. The molecule has 46 valence electrons. The Morgan fingerprint density at radius 2 is 2.50 bits per heavy atom. The summed E-state index contributed by atoms with van der Waals surface area (Å²) in [6, 6.07) is 0. The monoisotopic (exact) mass is 132 g/mol. The highest BCUT2D eigenvalue weighted by Crippen LogP contribution is 1.96. The van der Waals surface area contributed by atoms with E-state index in [1.807, 2.05) is 4.90 Å². The molecule has 0 atom stereocenters. The Bertz CT molecular complexity index is 100. The molecule has 1 aliphatic rings. The van der Waals surface area contributed by atoms with Crippen LogP contribution in [0.15, 0.2) is 0 Å². The molecule has 2 N–H and O–H groups in total. The molecule has 0 aromatic rings. The van der Waals surface area contributed by atoms with Crippen LogP contribution in [0.5, 0.6) is 0 Å². The molecule has 8 heavy (non-hydrogen) atoms. The molecule has 0 radical (unpaired) electrons. The van der Waals surface area contributed by atoms with Gasteiger partial charge in [0, 0.05) is 6.54 Å². The van der Waals surface area contributed by atoms with Crippen LogP contribution in [0.4, 0.5) is 0 Å². The minimum absolute atomic E-state index is 0.433. The highest BCUT2D eigenvalue weighted by Gasteiger charge is 2.11. The first-order valence-electron chi connectivity index (χ1n) is 2.43. The molecule has 0 spiro atoms. The summed E-state index contributed by atoms with van der Waals surface area (Å²) >= 11 is 4.68. The van der Waals surface area contributed by atoms with Gasteiger partial charge in [0.1, 0.15) is 6.73 Å². The molecule has 1 fully saturated rings. The largest absolute Gasteiger partial charge is 0.376 e. The summed E-state index contributed by atoms with van der Waals surface area (Å²) in [6.07, 6.45) is 0. The van der Waals surface area contributed by atoms with Gasteiger partial charge in [0.2, 0.25) is 0 Å². The molecule has 0 aromatic heterocycles. The van der Waals surface area contributed by atoms with Crippen LogP contribution in [0, 0.1) is 0 Å². The first-order valence-corrected chi connectivity index (χ1v) is 2.83. The number of ether oxygens (including phenoxy) is 1. The van der Waals surface area contributed by atoms with Crippen molar-refractivity contribution in [1.82, 2.24) is 4.90 Å². The predicted octanol–water partition coefficient (Wildman–Crippen LogP) is -0.480. The van der Waals surface area contributed by atoms with Gasteiger partial charge in [0.05, 0.1) is 6.61 Å². The van der Waals surface area contributed by atoms with E-state index < -0.39 is 0 Å².